The third-order valence-corrected chi connectivity index (χ3v) is 5.78. The molecule has 0 saturated carbocycles. The van der Waals surface area contributed by atoms with Crippen LogP contribution in [0, 0.1) is 12.8 Å². The van der Waals surface area contributed by atoms with E-state index in [0.29, 0.717) is 12.0 Å². The topological polar surface area (TPSA) is 37.3 Å². The average Bonchev–Trinajstić information content (AvgIpc) is 3.09. The van der Waals surface area contributed by atoms with Crippen LogP contribution in [0.15, 0.2) is 42.7 Å². The smallest absolute Gasteiger partial charge is 0.325 e. The largest absolute Gasteiger partial charge is 0.333 e. The predicted octanol–water partition coefficient (Wildman–Crippen LogP) is 3.50. The van der Waals surface area contributed by atoms with Gasteiger partial charge in [0, 0.05) is 24.5 Å². The van der Waals surface area contributed by atoms with Crippen molar-refractivity contribution in [3.63, 3.8) is 0 Å². The lowest BCUT2D eigenvalue weighted by Gasteiger charge is -2.49. The van der Waals surface area contributed by atoms with Gasteiger partial charge in [-0.15, -0.1) is 0 Å². The molecule has 2 aromatic rings. The van der Waals surface area contributed by atoms with Crippen molar-refractivity contribution in [3.8, 4) is 11.1 Å². The molecule has 3 fully saturated rings. The highest BCUT2D eigenvalue weighted by atomic mass is 16.2. The third-order valence-electron chi connectivity index (χ3n) is 5.78. The van der Waals surface area contributed by atoms with Crippen molar-refractivity contribution in [2.75, 3.05) is 13.1 Å². The molecule has 5 rings (SSSR count). The molecule has 0 radical (unpaired) electrons. The van der Waals surface area contributed by atoms with Crippen LogP contribution in [0.2, 0.25) is 0 Å². The summed E-state index contributed by atoms with van der Waals surface area (Å²) in [6, 6.07) is 11.1. The van der Waals surface area contributed by atoms with Gasteiger partial charge in [-0.3, -0.25) is 9.47 Å². The van der Waals surface area contributed by atoms with Crippen molar-refractivity contribution in [1.82, 2.24) is 14.8 Å². The molecule has 2 bridgehead atoms. The second-order valence-corrected chi connectivity index (χ2v) is 7.26. The van der Waals surface area contributed by atoms with Gasteiger partial charge in [0.25, 0.3) is 0 Å². The SMILES string of the molecule is Cc1ccc(-c2ccn(C(=O)N[C@@H]3C4CCN(CC4)[C@H]3C)c2)cc1. The fourth-order valence-electron chi connectivity index (χ4n) is 4.20. The number of nitrogens with one attached hydrogen (secondary N) is 1. The van der Waals surface area contributed by atoms with Gasteiger partial charge in [0.15, 0.2) is 0 Å². The summed E-state index contributed by atoms with van der Waals surface area (Å²) in [5, 5.41) is 3.27. The Hall–Kier alpha value is -2.07. The highest BCUT2D eigenvalue weighted by Crippen LogP contribution is 2.32. The molecule has 0 spiro atoms. The number of hydrogen-bond donors (Lipinski definition) is 1. The summed E-state index contributed by atoms with van der Waals surface area (Å²) in [5.74, 6) is 0.626. The van der Waals surface area contributed by atoms with Gasteiger partial charge in [0.05, 0.1) is 0 Å². The van der Waals surface area contributed by atoms with E-state index in [0.717, 1.165) is 11.1 Å². The van der Waals surface area contributed by atoms with Gasteiger partial charge in [0.2, 0.25) is 0 Å². The van der Waals surface area contributed by atoms with Crippen LogP contribution in [0.25, 0.3) is 11.1 Å². The number of aromatic nitrogens is 1. The van der Waals surface area contributed by atoms with E-state index in [1.807, 2.05) is 18.5 Å². The number of hydrogen-bond acceptors (Lipinski definition) is 2. The van der Waals surface area contributed by atoms with E-state index in [1.165, 1.54) is 31.5 Å². The Morgan fingerprint density at radius 3 is 2.46 bits per heavy atom. The van der Waals surface area contributed by atoms with Crippen LogP contribution in [0.3, 0.4) is 0 Å². The van der Waals surface area contributed by atoms with Crippen LogP contribution in [0.4, 0.5) is 4.79 Å². The highest BCUT2D eigenvalue weighted by Gasteiger charge is 2.40. The van der Waals surface area contributed by atoms with Crippen molar-refractivity contribution >= 4 is 6.03 Å². The first-order valence-electron chi connectivity index (χ1n) is 8.92. The number of nitrogens with zero attached hydrogens (tertiary/aromatic N) is 2. The third kappa shape index (κ3) is 2.75. The molecule has 1 amide bonds. The first-order chi connectivity index (χ1) is 11.6. The number of piperidine rings is 3. The second kappa shape index (κ2) is 6.10. The van der Waals surface area contributed by atoms with Crippen molar-refractivity contribution in [2.45, 2.75) is 38.8 Å². The Balaban J connectivity index is 1.48. The molecule has 3 aliphatic heterocycles. The maximum Gasteiger partial charge on any atom is 0.325 e. The number of carbonyl (C=O) groups is 1. The highest BCUT2D eigenvalue weighted by molar-refractivity contribution is 5.79. The fourth-order valence-corrected chi connectivity index (χ4v) is 4.20. The first kappa shape index (κ1) is 15.5. The number of benzene rings is 1. The van der Waals surface area contributed by atoms with Gasteiger partial charge in [-0.05, 0) is 62.9 Å². The molecular weight excluding hydrogens is 298 g/mol. The fraction of sp³-hybridized carbons (Fsp3) is 0.450. The first-order valence-corrected chi connectivity index (χ1v) is 8.92. The van der Waals surface area contributed by atoms with Crippen LogP contribution in [-0.4, -0.2) is 40.7 Å². The Morgan fingerprint density at radius 2 is 1.79 bits per heavy atom. The van der Waals surface area contributed by atoms with E-state index in [4.69, 9.17) is 0 Å². The van der Waals surface area contributed by atoms with Crippen LogP contribution < -0.4 is 5.32 Å². The van der Waals surface area contributed by atoms with Crippen molar-refractivity contribution in [2.24, 2.45) is 5.92 Å². The molecule has 4 heterocycles. The van der Waals surface area contributed by atoms with E-state index < -0.39 is 0 Å². The lowest BCUT2D eigenvalue weighted by atomic mass is 9.79. The molecule has 4 heteroatoms. The minimum atomic E-state index is -0.0149. The maximum atomic E-state index is 12.7. The van der Waals surface area contributed by atoms with E-state index in [2.05, 4.69) is 48.3 Å². The van der Waals surface area contributed by atoms with E-state index in [9.17, 15) is 4.79 Å². The lowest BCUT2D eigenvalue weighted by Crippen LogP contribution is -2.62. The molecule has 0 aliphatic carbocycles. The maximum absolute atomic E-state index is 12.7. The van der Waals surface area contributed by atoms with E-state index >= 15 is 0 Å². The summed E-state index contributed by atoms with van der Waals surface area (Å²) in [6.45, 7) is 6.68. The predicted molar refractivity (Wildman–Crippen MR) is 96.1 cm³/mol. The van der Waals surface area contributed by atoms with Crippen LogP contribution >= 0.6 is 0 Å². The van der Waals surface area contributed by atoms with E-state index in [1.54, 1.807) is 4.57 Å². The molecule has 4 nitrogen and oxygen atoms in total. The van der Waals surface area contributed by atoms with Gasteiger partial charge in [-0.2, -0.15) is 0 Å². The molecule has 2 atom stereocenters. The van der Waals surface area contributed by atoms with Crippen LogP contribution in [0.5, 0.6) is 0 Å². The number of amides is 1. The molecule has 24 heavy (non-hydrogen) atoms. The van der Waals surface area contributed by atoms with Gasteiger partial charge in [-0.1, -0.05) is 29.8 Å². The van der Waals surface area contributed by atoms with Crippen molar-refractivity contribution in [3.05, 3.63) is 48.3 Å². The van der Waals surface area contributed by atoms with Gasteiger partial charge >= 0.3 is 6.03 Å². The zero-order chi connectivity index (χ0) is 16.7. The summed E-state index contributed by atoms with van der Waals surface area (Å²) in [5.41, 5.74) is 3.46. The van der Waals surface area contributed by atoms with Gasteiger partial charge < -0.3 is 5.32 Å². The Kier molecular flexibility index (Phi) is 3.93. The van der Waals surface area contributed by atoms with Gasteiger partial charge in [0.1, 0.15) is 0 Å². The van der Waals surface area contributed by atoms with Gasteiger partial charge in [-0.25, -0.2) is 4.79 Å². The van der Waals surface area contributed by atoms with Crippen LogP contribution in [-0.2, 0) is 0 Å². The summed E-state index contributed by atoms with van der Waals surface area (Å²) in [6.07, 6.45) is 6.19. The molecular formula is C20H25N3O. The minimum Gasteiger partial charge on any atom is -0.333 e. The summed E-state index contributed by atoms with van der Waals surface area (Å²) >= 11 is 0. The molecule has 126 valence electrons. The lowest BCUT2D eigenvalue weighted by molar-refractivity contribution is 0.0267. The summed E-state index contributed by atoms with van der Waals surface area (Å²) < 4.78 is 1.68. The molecule has 1 N–H and O–H groups in total. The number of aryl methyl sites for hydroxylation is 1. The monoisotopic (exact) mass is 323 g/mol. The van der Waals surface area contributed by atoms with Crippen molar-refractivity contribution in [1.29, 1.82) is 0 Å². The standard InChI is InChI=1S/C20H25N3O/c1-14-3-5-16(6-4-14)18-9-12-23(13-18)20(24)21-19-15(2)22-10-7-17(19)8-11-22/h3-6,9,12-13,15,17,19H,7-8,10-11H2,1-2H3,(H,21,24)/t15-,19-/m0/s1. The number of carbonyl (C=O) groups excluding carboxylic acids is 1. The molecule has 3 saturated heterocycles. The molecule has 3 aliphatic rings. The summed E-state index contributed by atoms with van der Waals surface area (Å²) in [4.78, 5) is 15.2. The van der Waals surface area contributed by atoms with Crippen LogP contribution in [0.1, 0.15) is 25.3 Å². The van der Waals surface area contributed by atoms with Crippen molar-refractivity contribution < 1.29 is 4.79 Å². The normalized spacial score (nSPS) is 28.8. The minimum absolute atomic E-state index is 0.0149. The average molecular weight is 323 g/mol. The van der Waals surface area contributed by atoms with E-state index in [-0.39, 0.29) is 12.1 Å². The summed E-state index contributed by atoms with van der Waals surface area (Å²) in [7, 11) is 0. The zero-order valence-electron chi connectivity index (χ0n) is 14.4. The Bertz CT molecular complexity index is 724. The molecule has 1 aromatic heterocycles. The number of rotatable bonds is 2. The Labute approximate surface area is 143 Å². The zero-order valence-corrected chi connectivity index (χ0v) is 14.4. The molecule has 0 unspecified atom stereocenters. The number of fused-ring (bicyclic) bond motifs is 3. The second-order valence-electron chi connectivity index (χ2n) is 7.26. The quantitative estimate of drug-likeness (QED) is 0.918. The Morgan fingerprint density at radius 1 is 1.08 bits per heavy atom. The molecule has 1 aromatic carbocycles.